The molecule has 1 atom stereocenters. The van der Waals surface area contributed by atoms with Gasteiger partial charge in [0.15, 0.2) is 0 Å². The van der Waals surface area contributed by atoms with Crippen molar-refractivity contribution in [2.45, 2.75) is 38.6 Å². The van der Waals surface area contributed by atoms with Gasteiger partial charge in [-0.05, 0) is 56.2 Å². The zero-order valence-corrected chi connectivity index (χ0v) is 14.8. The number of hydrogen-bond donors (Lipinski definition) is 1. The van der Waals surface area contributed by atoms with Crippen LogP contribution in [0.15, 0.2) is 24.4 Å². The first kappa shape index (κ1) is 16.1. The molecule has 1 aliphatic heterocycles. The molecule has 2 fully saturated rings. The highest BCUT2D eigenvalue weighted by Gasteiger charge is 2.45. The molecular weight excluding hydrogens is 316 g/mol. The number of amides is 2. The molecule has 0 radical (unpaired) electrons. The van der Waals surface area contributed by atoms with E-state index in [1.54, 1.807) is 17.7 Å². The Kier molecular flexibility index (Phi) is 3.78. The van der Waals surface area contributed by atoms with Crippen LogP contribution in [0.1, 0.15) is 43.0 Å². The van der Waals surface area contributed by atoms with Gasteiger partial charge >= 0.3 is 0 Å². The van der Waals surface area contributed by atoms with E-state index in [2.05, 4.69) is 10.4 Å². The number of piperidine rings is 1. The second-order valence-electron chi connectivity index (χ2n) is 7.60. The van der Waals surface area contributed by atoms with Gasteiger partial charge in [-0.1, -0.05) is 0 Å². The lowest BCUT2D eigenvalue weighted by Crippen LogP contribution is -2.49. The van der Waals surface area contributed by atoms with Gasteiger partial charge in [-0.25, -0.2) is 0 Å². The maximum atomic E-state index is 12.6. The molecule has 2 aromatic rings. The molecule has 2 amide bonds. The van der Waals surface area contributed by atoms with Crippen LogP contribution in [-0.2, 0) is 11.8 Å². The van der Waals surface area contributed by atoms with E-state index in [1.807, 2.05) is 30.3 Å². The van der Waals surface area contributed by atoms with Crippen molar-refractivity contribution >= 4 is 22.7 Å². The van der Waals surface area contributed by atoms with E-state index in [4.69, 9.17) is 0 Å². The third-order valence-corrected chi connectivity index (χ3v) is 5.69. The summed E-state index contributed by atoms with van der Waals surface area (Å²) in [5, 5.41) is 8.07. The van der Waals surface area contributed by atoms with Crippen LogP contribution in [0.2, 0.25) is 0 Å². The Morgan fingerprint density at radius 1 is 1.20 bits per heavy atom. The number of likely N-dealkylation sites (tertiary alicyclic amines) is 1. The number of benzene rings is 1. The summed E-state index contributed by atoms with van der Waals surface area (Å²) in [6.45, 7) is 3.41. The van der Waals surface area contributed by atoms with E-state index in [1.165, 1.54) is 12.8 Å². The molecule has 2 aliphatic rings. The van der Waals surface area contributed by atoms with Gasteiger partial charge in [0.25, 0.3) is 5.91 Å². The lowest BCUT2D eigenvalue weighted by Gasteiger charge is -2.33. The van der Waals surface area contributed by atoms with Crippen molar-refractivity contribution < 1.29 is 9.59 Å². The summed E-state index contributed by atoms with van der Waals surface area (Å²) in [6, 6.07) is 4.88. The normalized spacial score (nSPS) is 19.8. The van der Waals surface area contributed by atoms with Gasteiger partial charge < -0.3 is 10.2 Å². The topological polar surface area (TPSA) is 67.2 Å². The van der Waals surface area contributed by atoms with Crippen LogP contribution in [0.4, 0.5) is 0 Å². The lowest BCUT2D eigenvalue weighted by molar-refractivity contribution is -0.134. The number of carbonyl (C=O) groups is 2. The molecule has 0 bridgehead atoms. The van der Waals surface area contributed by atoms with E-state index in [9.17, 15) is 9.59 Å². The number of nitrogens with one attached hydrogen (secondary N) is 1. The van der Waals surface area contributed by atoms with Gasteiger partial charge in [0.1, 0.15) is 6.04 Å². The Hall–Kier alpha value is -2.37. The lowest BCUT2D eigenvalue weighted by atomic mass is 9.93. The monoisotopic (exact) mass is 340 g/mol. The summed E-state index contributed by atoms with van der Waals surface area (Å²) in [5.74, 6) is -0.200. The van der Waals surface area contributed by atoms with E-state index in [0.29, 0.717) is 11.0 Å². The molecule has 1 aliphatic carbocycles. The van der Waals surface area contributed by atoms with E-state index in [-0.39, 0.29) is 11.8 Å². The predicted octanol–water partition coefficient (Wildman–Crippen LogP) is 2.09. The molecular formula is C19H24N4O2. The standard InChI is InChI=1S/C19H24N4O2/c1-13(18(25)23-9-7-19(5-6-19)8-10-23)20-17(24)14-3-4-16-15(11-14)12-22(2)21-16/h3-4,11-13H,5-10H2,1-2H3,(H,20,24)/t13-/m0/s1. The average Bonchev–Trinajstić information content (AvgIpc) is 3.24. The van der Waals surface area contributed by atoms with Crippen molar-refractivity contribution in [3.8, 4) is 0 Å². The third-order valence-electron chi connectivity index (χ3n) is 5.69. The fourth-order valence-electron chi connectivity index (χ4n) is 3.78. The molecule has 1 aromatic carbocycles. The molecule has 25 heavy (non-hydrogen) atoms. The van der Waals surface area contributed by atoms with E-state index >= 15 is 0 Å². The van der Waals surface area contributed by atoms with Crippen molar-refractivity contribution in [1.29, 1.82) is 0 Å². The molecule has 1 saturated heterocycles. The Morgan fingerprint density at radius 3 is 2.60 bits per heavy atom. The fourth-order valence-corrected chi connectivity index (χ4v) is 3.78. The highest BCUT2D eigenvalue weighted by molar-refractivity contribution is 6.00. The van der Waals surface area contributed by atoms with E-state index < -0.39 is 6.04 Å². The number of carbonyl (C=O) groups excluding carboxylic acids is 2. The van der Waals surface area contributed by atoms with Crippen LogP contribution >= 0.6 is 0 Å². The summed E-state index contributed by atoms with van der Waals surface area (Å²) in [7, 11) is 1.85. The van der Waals surface area contributed by atoms with Crippen LogP contribution in [0.5, 0.6) is 0 Å². The third kappa shape index (κ3) is 3.13. The minimum Gasteiger partial charge on any atom is -0.341 e. The number of nitrogens with zero attached hydrogens (tertiary/aromatic N) is 3. The maximum absolute atomic E-state index is 12.6. The molecule has 132 valence electrons. The van der Waals surface area contributed by atoms with Crippen molar-refractivity contribution in [3.63, 3.8) is 0 Å². The van der Waals surface area contributed by atoms with Gasteiger partial charge in [-0.2, -0.15) is 5.10 Å². The summed E-state index contributed by atoms with van der Waals surface area (Å²) in [4.78, 5) is 27.0. The minimum absolute atomic E-state index is 0.0197. The van der Waals surface area contributed by atoms with Gasteiger partial charge in [-0.3, -0.25) is 14.3 Å². The molecule has 6 heteroatoms. The Bertz CT molecular complexity index is 827. The molecule has 4 rings (SSSR count). The van der Waals surface area contributed by atoms with Crippen molar-refractivity contribution in [2.24, 2.45) is 12.5 Å². The quantitative estimate of drug-likeness (QED) is 0.930. The summed E-state index contributed by atoms with van der Waals surface area (Å²) in [5.41, 5.74) is 1.95. The summed E-state index contributed by atoms with van der Waals surface area (Å²) >= 11 is 0. The maximum Gasteiger partial charge on any atom is 0.251 e. The van der Waals surface area contributed by atoms with Gasteiger partial charge in [0, 0.05) is 37.3 Å². The van der Waals surface area contributed by atoms with Crippen molar-refractivity contribution in [1.82, 2.24) is 20.0 Å². The fraction of sp³-hybridized carbons (Fsp3) is 0.526. The highest BCUT2D eigenvalue weighted by atomic mass is 16.2. The number of rotatable bonds is 3. The van der Waals surface area contributed by atoms with Gasteiger partial charge in [0.2, 0.25) is 5.91 Å². The first-order chi connectivity index (χ1) is 12.0. The van der Waals surface area contributed by atoms with Gasteiger partial charge in [0.05, 0.1) is 5.52 Å². The Morgan fingerprint density at radius 2 is 1.92 bits per heavy atom. The van der Waals surface area contributed by atoms with Gasteiger partial charge in [-0.15, -0.1) is 0 Å². The predicted molar refractivity (Wildman–Crippen MR) is 95.1 cm³/mol. The van der Waals surface area contributed by atoms with Crippen molar-refractivity contribution in [2.75, 3.05) is 13.1 Å². The van der Waals surface area contributed by atoms with Crippen LogP contribution < -0.4 is 5.32 Å². The first-order valence-electron chi connectivity index (χ1n) is 8.99. The van der Waals surface area contributed by atoms with Crippen LogP contribution in [0.3, 0.4) is 0 Å². The minimum atomic E-state index is -0.509. The molecule has 6 nitrogen and oxygen atoms in total. The molecule has 1 saturated carbocycles. The van der Waals surface area contributed by atoms with Crippen molar-refractivity contribution in [3.05, 3.63) is 30.0 Å². The molecule has 1 aromatic heterocycles. The second kappa shape index (κ2) is 5.86. The number of hydrogen-bond acceptors (Lipinski definition) is 3. The zero-order valence-electron chi connectivity index (χ0n) is 14.8. The second-order valence-corrected chi connectivity index (χ2v) is 7.60. The molecule has 1 N–H and O–H groups in total. The Balaban J connectivity index is 1.39. The largest absolute Gasteiger partial charge is 0.341 e. The number of aromatic nitrogens is 2. The number of aryl methyl sites for hydroxylation is 1. The number of fused-ring (bicyclic) bond motifs is 1. The Labute approximate surface area is 147 Å². The smallest absolute Gasteiger partial charge is 0.251 e. The first-order valence-corrected chi connectivity index (χ1v) is 8.99. The van der Waals surface area contributed by atoms with Crippen LogP contribution in [-0.4, -0.2) is 45.6 Å². The zero-order chi connectivity index (χ0) is 17.6. The molecule has 0 unspecified atom stereocenters. The summed E-state index contributed by atoms with van der Waals surface area (Å²) < 4.78 is 1.72. The highest BCUT2D eigenvalue weighted by Crippen LogP contribution is 2.53. The SMILES string of the molecule is C[C@H](NC(=O)c1ccc2nn(C)cc2c1)C(=O)N1CCC2(CC1)CC2. The summed E-state index contributed by atoms with van der Waals surface area (Å²) in [6.07, 6.45) is 6.73. The van der Waals surface area contributed by atoms with Crippen LogP contribution in [0, 0.1) is 5.41 Å². The average molecular weight is 340 g/mol. The molecule has 1 spiro atoms. The van der Waals surface area contributed by atoms with E-state index in [0.717, 1.165) is 36.8 Å². The molecule has 2 heterocycles. The van der Waals surface area contributed by atoms with Crippen LogP contribution in [0.25, 0.3) is 10.9 Å².